The van der Waals surface area contributed by atoms with Gasteiger partial charge in [0.25, 0.3) is 5.91 Å². The molecular weight excluding hydrogens is 537 g/mol. The lowest BCUT2D eigenvalue weighted by molar-refractivity contribution is -0.137. The summed E-state index contributed by atoms with van der Waals surface area (Å²) in [6, 6.07) is 11.6. The van der Waals surface area contributed by atoms with Crippen LogP contribution in [0, 0.1) is 13.8 Å². The topological polar surface area (TPSA) is 103 Å². The van der Waals surface area contributed by atoms with Gasteiger partial charge in [-0.1, -0.05) is 6.07 Å². The Bertz CT molecular complexity index is 1770. The standard InChI is InChI=1S/C29H25F3N6O3/c1-16-5-6-18(7-25(16)41-28-22-11-26(40-4)24(33-3)12-23(22)34-14-35-28)27(39)37-20-8-19(29(30,31)32)9-21(10-20)38-13-17(2)36-15-38/h5-15,33H,1-4H3,(H,37,39). The van der Waals surface area contributed by atoms with Crippen molar-refractivity contribution in [2.24, 2.45) is 0 Å². The van der Waals surface area contributed by atoms with Crippen molar-refractivity contribution >= 4 is 28.2 Å². The van der Waals surface area contributed by atoms with Gasteiger partial charge in [0.05, 0.1) is 41.3 Å². The van der Waals surface area contributed by atoms with E-state index < -0.39 is 17.6 Å². The first-order valence-corrected chi connectivity index (χ1v) is 12.4. The molecule has 0 unspecified atom stereocenters. The van der Waals surface area contributed by atoms with Crippen molar-refractivity contribution in [2.45, 2.75) is 20.0 Å². The molecule has 1 amide bonds. The molecule has 2 N–H and O–H groups in total. The maximum atomic E-state index is 13.7. The lowest BCUT2D eigenvalue weighted by Crippen LogP contribution is -2.14. The number of carbonyl (C=O) groups is 1. The van der Waals surface area contributed by atoms with E-state index in [0.29, 0.717) is 33.7 Å². The average Bonchev–Trinajstić information content (AvgIpc) is 3.39. The number of ether oxygens (including phenoxy) is 2. The summed E-state index contributed by atoms with van der Waals surface area (Å²) in [5, 5.41) is 6.21. The number of nitrogens with zero attached hydrogens (tertiary/aromatic N) is 4. The molecule has 5 aromatic rings. The predicted octanol–water partition coefficient (Wildman–Crippen LogP) is 6.55. The average molecular weight is 563 g/mol. The fraction of sp³-hybridized carbons (Fsp3) is 0.172. The Labute approximate surface area is 233 Å². The highest BCUT2D eigenvalue weighted by Crippen LogP contribution is 2.36. The van der Waals surface area contributed by atoms with Crippen molar-refractivity contribution in [2.75, 3.05) is 24.8 Å². The third-order valence-corrected chi connectivity index (χ3v) is 6.36. The number of carbonyl (C=O) groups excluding carboxylic acids is 1. The van der Waals surface area contributed by atoms with Crippen LogP contribution in [0.2, 0.25) is 0 Å². The molecule has 9 nitrogen and oxygen atoms in total. The molecule has 12 heteroatoms. The SMILES string of the molecule is CNc1cc2ncnc(Oc3cc(C(=O)Nc4cc(-n5cnc(C)c5)cc(C(F)(F)F)c4)ccc3C)c2cc1OC. The fourth-order valence-electron chi connectivity index (χ4n) is 4.22. The minimum absolute atomic E-state index is 0.0246. The van der Waals surface area contributed by atoms with Crippen LogP contribution in [0.1, 0.15) is 27.2 Å². The molecule has 0 fully saturated rings. The number of hydrogen-bond donors (Lipinski definition) is 2. The third kappa shape index (κ3) is 5.76. The predicted molar refractivity (Wildman–Crippen MR) is 148 cm³/mol. The van der Waals surface area contributed by atoms with Crippen molar-refractivity contribution in [3.05, 3.63) is 89.8 Å². The van der Waals surface area contributed by atoms with Crippen LogP contribution in [-0.2, 0) is 6.18 Å². The van der Waals surface area contributed by atoms with Crippen LogP contribution in [0.15, 0.2) is 67.4 Å². The molecule has 3 aromatic carbocycles. The number of hydrogen-bond acceptors (Lipinski definition) is 7. The maximum absolute atomic E-state index is 13.7. The van der Waals surface area contributed by atoms with Crippen molar-refractivity contribution in [1.29, 1.82) is 0 Å². The summed E-state index contributed by atoms with van der Waals surface area (Å²) in [4.78, 5) is 25.8. The molecule has 2 aromatic heterocycles. The molecule has 0 aliphatic carbocycles. The Kier molecular flexibility index (Phi) is 7.22. The second-order valence-electron chi connectivity index (χ2n) is 9.22. The van der Waals surface area contributed by atoms with Crippen molar-refractivity contribution in [3.63, 3.8) is 0 Å². The number of alkyl halides is 3. The van der Waals surface area contributed by atoms with E-state index >= 15 is 0 Å². The number of imidazole rings is 1. The van der Waals surface area contributed by atoms with Gasteiger partial charge in [-0.15, -0.1) is 0 Å². The van der Waals surface area contributed by atoms with E-state index in [4.69, 9.17) is 9.47 Å². The zero-order valence-electron chi connectivity index (χ0n) is 22.5. The monoisotopic (exact) mass is 562 g/mol. The molecule has 0 aliphatic rings. The van der Waals surface area contributed by atoms with Crippen LogP contribution >= 0.6 is 0 Å². The molecular formula is C29H25F3N6O3. The third-order valence-electron chi connectivity index (χ3n) is 6.36. The molecule has 0 spiro atoms. The summed E-state index contributed by atoms with van der Waals surface area (Å²) < 4.78 is 54.0. The Morgan fingerprint density at radius 1 is 0.976 bits per heavy atom. The first-order chi connectivity index (χ1) is 19.5. The molecule has 0 saturated heterocycles. The van der Waals surface area contributed by atoms with E-state index in [1.807, 2.05) is 0 Å². The lowest BCUT2D eigenvalue weighted by atomic mass is 10.1. The van der Waals surface area contributed by atoms with Gasteiger partial charge in [0.1, 0.15) is 17.8 Å². The minimum Gasteiger partial charge on any atom is -0.495 e. The summed E-state index contributed by atoms with van der Waals surface area (Å²) in [7, 11) is 3.31. The van der Waals surface area contributed by atoms with E-state index in [9.17, 15) is 18.0 Å². The first kappa shape index (κ1) is 27.4. The van der Waals surface area contributed by atoms with E-state index in [1.165, 1.54) is 29.4 Å². The highest BCUT2D eigenvalue weighted by Gasteiger charge is 2.31. The number of aromatic nitrogens is 4. The molecule has 0 aliphatic heterocycles. The van der Waals surface area contributed by atoms with Crippen LogP contribution in [0.5, 0.6) is 17.4 Å². The Morgan fingerprint density at radius 2 is 1.78 bits per heavy atom. The van der Waals surface area contributed by atoms with Crippen LogP contribution in [0.25, 0.3) is 16.6 Å². The number of aryl methyl sites for hydroxylation is 2. The zero-order chi connectivity index (χ0) is 29.3. The number of amides is 1. The zero-order valence-corrected chi connectivity index (χ0v) is 22.5. The van der Waals surface area contributed by atoms with Crippen LogP contribution in [0.3, 0.4) is 0 Å². The number of nitrogens with one attached hydrogen (secondary N) is 2. The van der Waals surface area contributed by atoms with E-state index in [-0.39, 0.29) is 22.8 Å². The van der Waals surface area contributed by atoms with Gasteiger partial charge >= 0.3 is 6.18 Å². The normalized spacial score (nSPS) is 11.4. The summed E-state index contributed by atoms with van der Waals surface area (Å²) in [5.74, 6) is 0.535. The van der Waals surface area contributed by atoms with Crippen LogP contribution in [-0.4, -0.2) is 39.6 Å². The summed E-state index contributed by atoms with van der Waals surface area (Å²) in [6.07, 6.45) is -0.252. The van der Waals surface area contributed by atoms with E-state index in [0.717, 1.165) is 17.8 Å². The maximum Gasteiger partial charge on any atom is 0.416 e. The van der Waals surface area contributed by atoms with Crippen molar-refractivity contribution < 1.29 is 27.4 Å². The second-order valence-corrected chi connectivity index (χ2v) is 9.22. The van der Waals surface area contributed by atoms with Crippen LogP contribution in [0.4, 0.5) is 24.5 Å². The molecule has 0 radical (unpaired) electrons. The quantitative estimate of drug-likeness (QED) is 0.232. The summed E-state index contributed by atoms with van der Waals surface area (Å²) in [5.41, 5.74) is 2.15. The number of benzene rings is 3. The molecule has 0 saturated carbocycles. The Hall–Kier alpha value is -5.13. The first-order valence-electron chi connectivity index (χ1n) is 12.4. The highest BCUT2D eigenvalue weighted by atomic mass is 19.4. The molecule has 0 atom stereocenters. The number of methoxy groups -OCH3 is 1. The van der Waals surface area contributed by atoms with Gasteiger partial charge in [0.2, 0.25) is 5.88 Å². The lowest BCUT2D eigenvalue weighted by Gasteiger charge is -2.15. The number of anilines is 2. The van der Waals surface area contributed by atoms with Gasteiger partial charge in [-0.25, -0.2) is 15.0 Å². The van der Waals surface area contributed by atoms with E-state index in [2.05, 4.69) is 25.6 Å². The fourth-order valence-corrected chi connectivity index (χ4v) is 4.22. The Balaban J connectivity index is 1.46. The van der Waals surface area contributed by atoms with Gasteiger partial charge in [-0.2, -0.15) is 13.2 Å². The smallest absolute Gasteiger partial charge is 0.416 e. The summed E-state index contributed by atoms with van der Waals surface area (Å²) in [6.45, 7) is 3.52. The number of rotatable bonds is 7. The highest BCUT2D eigenvalue weighted by molar-refractivity contribution is 6.04. The molecule has 210 valence electrons. The van der Waals surface area contributed by atoms with Gasteiger partial charge in [0, 0.05) is 30.2 Å². The van der Waals surface area contributed by atoms with Crippen LogP contribution < -0.4 is 20.1 Å². The number of fused-ring (bicyclic) bond motifs is 1. The van der Waals surface area contributed by atoms with Crippen molar-refractivity contribution in [1.82, 2.24) is 19.5 Å². The molecule has 2 heterocycles. The van der Waals surface area contributed by atoms with Gasteiger partial charge < -0.3 is 24.7 Å². The van der Waals surface area contributed by atoms with Gasteiger partial charge in [-0.05, 0) is 61.9 Å². The van der Waals surface area contributed by atoms with Gasteiger partial charge in [0.15, 0.2) is 0 Å². The molecule has 41 heavy (non-hydrogen) atoms. The van der Waals surface area contributed by atoms with Crippen molar-refractivity contribution in [3.8, 4) is 23.1 Å². The molecule has 5 rings (SSSR count). The van der Waals surface area contributed by atoms with Gasteiger partial charge in [-0.3, -0.25) is 4.79 Å². The Morgan fingerprint density at radius 3 is 2.46 bits per heavy atom. The minimum atomic E-state index is -4.62. The molecule has 0 bridgehead atoms. The van der Waals surface area contributed by atoms with E-state index in [1.54, 1.807) is 58.5 Å². The largest absolute Gasteiger partial charge is 0.495 e. The second kappa shape index (κ2) is 10.8. The summed E-state index contributed by atoms with van der Waals surface area (Å²) >= 11 is 0. The number of halogens is 3.